The van der Waals surface area contributed by atoms with Crippen LogP contribution < -0.4 is 0 Å². The molecule has 25 heavy (non-hydrogen) atoms. The Balaban J connectivity index is 1.54. The molecule has 0 unspecified atom stereocenters. The van der Waals surface area contributed by atoms with Crippen LogP contribution in [-0.2, 0) is 16.0 Å². The lowest BCUT2D eigenvalue weighted by Gasteiger charge is -2.13. The molecule has 0 radical (unpaired) electrons. The van der Waals surface area contributed by atoms with E-state index in [-0.39, 0.29) is 18.2 Å². The van der Waals surface area contributed by atoms with E-state index in [1.807, 2.05) is 48.7 Å². The van der Waals surface area contributed by atoms with Crippen molar-refractivity contribution in [1.29, 1.82) is 0 Å². The second-order valence-electron chi connectivity index (χ2n) is 6.08. The molecule has 0 atom stereocenters. The highest BCUT2D eigenvalue weighted by atomic mass is 16.2. The van der Waals surface area contributed by atoms with Gasteiger partial charge in [-0.25, -0.2) is 4.98 Å². The topological polar surface area (TPSA) is 66.1 Å². The molecule has 1 fully saturated rings. The van der Waals surface area contributed by atoms with Gasteiger partial charge in [-0.3, -0.25) is 14.5 Å². The number of benzene rings is 1. The Morgan fingerprint density at radius 1 is 1.12 bits per heavy atom. The third-order valence-electron chi connectivity index (χ3n) is 4.44. The first-order valence-electron chi connectivity index (χ1n) is 8.23. The number of likely N-dealkylation sites (tertiary alicyclic amines) is 1. The Kier molecular flexibility index (Phi) is 3.90. The summed E-state index contributed by atoms with van der Waals surface area (Å²) in [7, 11) is 0. The Labute approximate surface area is 145 Å². The van der Waals surface area contributed by atoms with Gasteiger partial charge in [-0.2, -0.15) is 0 Å². The normalized spacial score (nSPS) is 16.3. The third-order valence-corrected chi connectivity index (χ3v) is 4.44. The third kappa shape index (κ3) is 2.96. The van der Waals surface area contributed by atoms with Crippen LogP contribution >= 0.6 is 0 Å². The van der Waals surface area contributed by atoms with E-state index >= 15 is 0 Å². The van der Waals surface area contributed by atoms with E-state index in [0.29, 0.717) is 18.5 Å². The minimum atomic E-state index is -0.195. The fourth-order valence-electron chi connectivity index (χ4n) is 3.13. The summed E-state index contributed by atoms with van der Waals surface area (Å²) < 4.78 is 0. The largest absolute Gasteiger partial charge is 0.346 e. The van der Waals surface area contributed by atoms with Crippen LogP contribution in [0, 0.1) is 0 Å². The lowest BCUT2D eigenvalue weighted by molar-refractivity contribution is -0.137. The van der Waals surface area contributed by atoms with Crippen molar-refractivity contribution in [2.75, 3.05) is 6.54 Å². The van der Waals surface area contributed by atoms with E-state index < -0.39 is 0 Å². The van der Waals surface area contributed by atoms with Gasteiger partial charge in [-0.1, -0.05) is 30.3 Å². The number of H-pyrrole nitrogens is 1. The quantitative estimate of drug-likeness (QED) is 0.590. The second kappa shape index (κ2) is 6.36. The minimum Gasteiger partial charge on any atom is -0.346 e. The van der Waals surface area contributed by atoms with Crippen LogP contribution in [0.1, 0.15) is 17.5 Å². The zero-order valence-corrected chi connectivity index (χ0v) is 13.6. The van der Waals surface area contributed by atoms with Gasteiger partial charge in [0.15, 0.2) is 0 Å². The molecule has 4 rings (SSSR count). The van der Waals surface area contributed by atoms with Gasteiger partial charge in [-0.15, -0.1) is 0 Å². The summed E-state index contributed by atoms with van der Waals surface area (Å²) in [6.45, 7) is 0.411. The molecule has 5 nitrogen and oxygen atoms in total. The SMILES string of the molecule is O=C1C/C(=C/c2c[nH]c3ncccc23)C(=O)N1CCc1ccccc1. The first kappa shape index (κ1) is 15.3. The average Bonchev–Trinajstić information content (AvgIpc) is 3.16. The fourth-order valence-corrected chi connectivity index (χ4v) is 3.13. The second-order valence-corrected chi connectivity index (χ2v) is 6.08. The number of aromatic nitrogens is 2. The first-order valence-corrected chi connectivity index (χ1v) is 8.23. The molecular weight excluding hydrogens is 314 g/mol. The van der Waals surface area contributed by atoms with Crippen molar-refractivity contribution in [2.45, 2.75) is 12.8 Å². The summed E-state index contributed by atoms with van der Waals surface area (Å²) in [6, 6.07) is 13.7. The molecule has 3 aromatic rings. The number of carbonyl (C=O) groups is 2. The highest BCUT2D eigenvalue weighted by Gasteiger charge is 2.33. The first-order chi connectivity index (χ1) is 12.2. The van der Waals surface area contributed by atoms with Crippen LogP contribution in [0.2, 0.25) is 0 Å². The lowest BCUT2D eigenvalue weighted by atomic mass is 10.1. The molecule has 0 aliphatic carbocycles. The average molecular weight is 331 g/mol. The zero-order valence-electron chi connectivity index (χ0n) is 13.6. The molecule has 0 saturated carbocycles. The maximum atomic E-state index is 12.6. The number of fused-ring (bicyclic) bond motifs is 1. The van der Waals surface area contributed by atoms with Crippen molar-refractivity contribution < 1.29 is 9.59 Å². The van der Waals surface area contributed by atoms with E-state index in [9.17, 15) is 9.59 Å². The van der Waals surface area contributed by atoms with Crippen LogP contribution in [0.15, 0.2) is 60.4 Å². The minimum absolute atomic E-state index is 0.134. The molecule has 3 heterocycles. The summed E-state index contributed by atoms with van der Waals surface area (Å²) in [5.74, 6) is -0.329. The highest BCUT2D eigenvalue weighted by Crippen LogP contribution is 2.25. The standard InChI is InChI=1S/C20H17N3O2/c24-18-12-15(11-16-13-22-19-17(16)7-4-9-21-19)20(25)23(18)10-8-14-5-2-1-3-6-14/h1-7,9,11,13H,8,10,12H2,(H,21,22)/b15-11-. The predicted molar refractivity (Wildman–Crippen MR) is 95.6 cm³/mol. The molecular formula is C20H17N3O2. The number of hydrogen-bond donors (Lipinski definition) is 1. The van der Waals surface area contributed by atoms with Gasteiger partial charge in [0, 0.05) is 35.5 Å². The van der Waals surface area contributed by atoms with Gasteiger partial charge in [0.05, 0.1) is 6.42 Å². The summed E-state index contributed by atoms with van der Waals surface area (Å²) in [5.41, 5.74) is 3.29. The van der Waals surface area contributed by atoms with Crippen molar-refractivity contribution >= 4 is 28.9 Å². The zero-order chi connectivity index (χ0) is 17.2. The number of nitrogens with one attached hydrogen (secondary N) is 1. The van der Waals surface area contributed by atoms with Crippen molar-refractivity contribution in [2.24, 2.45) is 0 Å². The molecule has 2 amide bonds. The highest BCUT2D eigenvalue weighted by molar-refractivity contribution is 6.16. The summed E-state index contributed by atoms with van der Waals surface area (Å²) in [4.78, 5) is 33.5. The van der Waals surface area contributed by atoms with Gasteiger partial charge >= 0.3 is 0 Å². The van der Waals surface area contributed by atoms with Crippen molar-refractivity contribution in [1.82, 2.24) is 14.9 Å². The van der Waals surface area contributed by atoms with Gasteiger partial charge in [0.1, 0.15) is 5.65 Å². The molecule has 1 saturated heterocycles. The van der Waals surface area contributed by atoms with E-state index in [4.69, 9.17) is 0 Å². The van der Waals surface area contributed by atoms with Gasteiger partial charge < -0.3 is 4.98 Å². The number of nitrogens with zero attached hydrogens (tertiary/aromatic N) is 2. The van der Waals surface area contributed by atoms with E-state index in [2.05, 4.69) is 9.97 Å². The molecule has 1 aliphatic rings. The fraction of sp³-hybridized carbons (Fsp3) is 0.150. The predicted octanol–water partition coefficient (Wildman–Crippen LogP) is 2.95. The molecule has 1 aliphatic heterocycles. The Morgan fingerprint density at radius 2 is 1.96 bits per heavy atom. The Bertz CT molecular complexity index is 973. The van der Waals surface area contributed by atoms with Crippen LogP contribution in [0.3, 0.4) is 0 Å². The van der Waals surface area contributed by atoms with E-state index in [1.165, 1.54) is 4.90 Å². The molecule has 0 bridgehead atoms. The maximum absolute atomic E-state index is 12.6. The van der Waals surface area contributed by atoms with Crippen molar-refractivity contribution in [3.05, 3.63) is 71.6 Å². The number of amides is 2. The van der Waals surface area contributed by atoms with Crippen molar-refractivity contribution in [3.63, 3.8) is 0 Å². The Morgan fingerprint density at radius 3 is 2.80 bits per heavy atom. The number of carbonyl (C=O) groups excluding carboxylic acids is 2. The lowest BCUT2D eigenvalue weighted by Crippen LogP contribution is -2.31. The monoisotopic (exact) mass is 331 g/mol. The summed E-state index contributed by atoms with van der Waals surface area (Å²) >= 11 is 0. The maximum Gasteiger partial charge on any atom is 0.256 e. The summed E-state index contributed by atoms with van der Waals surface area (Å²) in [5, 5.41) is 0.943. The van der Waals surface area contributed by atoms with Crippen LogP contribution in [0.25, 0.3) is 17.1 Å². The van der Waals surface area contributed by atoms with Crippen molar-refractivity contribution in [3.8, 4) is 0 Å². The van der Waals surface area contributed by atoms with Gasteiger partial charge in [-0.05, 0) is 30.2 Å². The van der Waals surface area contributed by atoms with Gasteiger partial charge in [0.25, 0.3) is 5.91 Å². The molecule has 0 spiro atoms. The van der Waals surface area contributed by atoms with Crippen LogP contribution in [0.5, 0.6) is 0 Å². The summed E-state index contributed by atoms with van der Waals surface area (Å²) in [6.07, 6.45) is 6.15. The van der Waals surface area contributed by atoms with E-state index in [1.54, 1.807) is 12.3 Å². The van der Waals surface area contributed by atoms with Gasteiger partial charge in [0.2, 0.25) is 5.91 Å². The molecule has 124 valence electrons. The number of rotatable bonds is 4. The smallest absolute Gasteiger partial charge is 0.256 e. The number of hydrogen-bond acceptors (Lipinski definition) is 3. The van der Waals surface area contributed by atoms with Crippen LogP contribution in [0.4, 0.5) is 0 Å². The number of imide groups is 1. The Hall–Kier alpha value is -3.21. The van der Waals surface area contributed by atoms with E-state index in [0.717, 1.165) is 22.2 Å². The molecule has 5 heteroatoms. The molecule has 2 aromatic heterocycles. The molecule has 1 N–H and O–H groups in total. The number of aromatic amines is 1. The molecule has 1 aromatic carbocycles. The van der Waals surface area contributed by atoms with Crippen LogP contribution in [-0.4, -0.2) is 33.2 Å². The number of pyridine rings is 1.